The van der Waals surface area contributed by atoms with E-state index >= 15 is 0 Å². The lowest BCUT2D eigenvalue weighted by Gasteiger charge is -2.30. The van der Waals surface area contributed by atoms with Crippen molar-refractivity contribution in [2.75, 3.05) is 19.7 Å². The van der Waals surface area contributed by atoms with Crippen LogP contribution in [0.25, 0.3) is 5.57 Å². The summed E-state index contributed by atoms with van der Waals surface area (Å²) in [5, 5.41) is 10.4. The average molecular weight is 406 g/mol. The predicted octanol–water partition coefficient (Wildman–Crippen LogP) is -0.195. The third kappa shape index (κ3) is 5.79. The highest BCUT2D eigenvalue weighted by molar-refractivity contribution is 5.92. The molecule has 1 unspecified atom stereocenters. The number of ether oxygens (including phenoxy) is 1. The minimum absolute atomic E-state index is 0. The van der Waals surface area contributed by atoms with Crippen molar-refractivity contribution in [3.05, 3.63) is 71.6 Å². The Bertz CT molecular complexity index is 809. The van der Waals surface area contributed by atoms with E-state index in [0.29, 0.717) is 30.9 Å². The quantitative estimate of drug-likeness (QED) is 0.669. The molecule has 0 saturated carbocycles. The summed E-state index contributed by atoms with van der Waals surface area (Å²) in [5.74, 6) is -0.0871. The van der Waals surface area contributed by atoms with Crippen LogP contribution in [0.5, 0.6) is 5.75 Å². The zero-order valence-corrected chi connectivity index (χ0v) is 16.1. The first-order valence-electron chi connectivity index (χ1n) is 8.92. The SMILES string of the molecule is NC(=O)c1ccc(OCCC(O)N2CC=C(c3ccc(F)cc3)CC2)cc1.[Cl-]. The number of aliphatic hydroxyl groups is 1. The van der Waals surface area contributed by atoms with Gasteiger partial charge in [-0.3, -0.25) is 9.69 Å². The molecule has 2 aromatic rings. The van der Waals surface area contributed by atoms with E-state index in [0.717, 1.165) is 18.5 Å². The summed E-state index contributed by atoms with van der Waals surface area (Å²) in [4.78, 5) is 13.0. The van der Waals surface area contributed by atoms with Crippen LogP contribution in [0.4, 0.5) is 4.39 Å². The molecule has 1 heterocycles. The van der Waals surface area contributed by atoms with E-state index < -0.39 is 12.1 Å². The van der Waals surface area contributed by atoms with Crippen molar-refractivity contribution in [2.24, 2.45) is 5.73 Å². The van der Waals surface area contributed by atoms with Crippen molar-refractivity contribution in [3.63, 3.8) is 0 Å². The van der Waals surface area contributed by atoms with E-state index in [1.165, 1.54) is 17.7 Å². The average Bonchev–Trinajstić information content (AvgIpc) is 2.69. The lowest BCUT2D eigenvalue weighted by Crippen LogP contribution is -3.00. The van der Waals surface area contributed by atoms with Crippen LogP contribution in [-0.4, -0.2) is 41.8 Å². The molecule has 0 saturated heterocycles. The summed E-state index contributed by atoms with van der Waals surface area (Å²) in [6.07, 6.45) is 2.75. The molecule has 1 atom stereocenters. The second-order valence-electron chi connectivity index (χ2n) is 6.49. The summed E-state index contributed by atoms with van der Waals surface area (Å²) < 4.78 is 18.6. The second kappa shape index (κ2) is 10.2. The number of amides is 1. The van der Waals surface area contributed by atoms with Gasteiger partial charge in [0.2, 0.25) is 5.91 Å². The maximum Gasteiger partial charge on any atom is 0.248 e. The number of carbonyl (C=O) groups is 1. The molecule has 0 aromatic heterocycles. The molecule has 7 heteroatoms. The Hall–Kier alpha value is -2.41. The standard InChI is InChI=1S/C21H23FN2O3.ClH/c22-18-5-1-15(2-6-18)16-9-12-24(13-10-16)20(25)11-14-27-19-7-3-17(4-8-19)21(23)26;/h1-9,20,25H,10-14H2,(H2,23,26);1H/p-1. The highest BCUT2D eigenvalue weighted by atomic mass is 35.5. The van der Waals surface area contributed by atoms with Gasteiger partial charge in [0.15, 0.2) is 0 Å². The number of benzene rings is 2. The van der Waals surface area contributed by atoms with E-state index in [9.17, 15) is 14.3 Å². The molecule has 2 aromatic carbocycles. The monoisotopic (exact) mass is 405 g/mol. The first kappa shape index (κ1) is 21.9. The topological polar surface area (TPSA) is 75.8 Å². The molecule has 0 radical (unpaired) electrons. The van der Waals surface area contributed by atoms with E-state index in [2.05, 4.69) is 6.08 Å². The van der Waals surface area contributed by atoms with Crippen LogP contribution in [0.2, 0.25) is 0 Å². The van der Waals surface area contributed by atoms with Crippen molar-refractivity contribution < 1.29 is 31.4 Å². The minimum atomic E-state index is -0.596. The van der Waals surface area contributed by atoms with Gasteiger partial charge in [0, 0.05) is 25.1 Å². The van der Waals surface area contributed by atoms with Crippen LogP contribution in [0.1, 0.15) is 28.8 Å². The predicted molar refractivity (Wildman–Crippen MR) is 102 cm³/mol. The molecular formula is C21H23ClFN2O3-. The summed E-state index contributed by atoms with van der Waals surface area (Å²) >= 11 is 0. The third-order valence-corrected chi connectivity index (χ3v) is 4.66. The Morgan fingerprint density at radius 2 is 1.86 bits per heavy atom. The van der Waals surface area contributed by atoms with Gasteiger partial charge in [-0.05, 0) is 54.0 Å². The van der Waals surface area contributed by atoms with Gasteiger partial charge in [-0.1, -0.05) is 18.2 Å². The fourth-order valence-corrected chi connectivity index (χ4v) is 3.06. The summed E-state index contributed by atoms with van der Waals surface area (Å²) in [5.41, 5.74) is 7.82. The van der Waals surface area contributed by atoms with Gasteiger partial charge < -0.3 is 28.0 Å². The smallest absolute Gasteiger partial charge is 0.248 e. The molecule has 150 valence electrons. The first-order chi connectivity index (χ1) is 13.0. The van der Waals surface area contributed by atoms with Gasteiger partial charge in [-0.2, -0.15) is 0 Å². The van der Waals surface area contributed by atoms with Crippen LogP contribution in [0.15, 0.2) is 54.6 Å². The van der Waals surface area contributed by atoms with Crippen LogP contribution in [0.3, 0.4) is 0 Å². The Labute approximate surface area is 170 Å². The number of hydrogen-bond acceptors (Lipinski definition) is 4. The summed E-state index contributed by atoms with van der Waals surface area (Å²) in [6, 6.07) is 13.1. The number of primary amides is 1. The summed E-state index contributed by atoms with van der Waals surface area (Å²) in [6.45, 7) is 1.74. The van der Waals surface area contributed by atoms with Gasteiger partial charge in [0.05, 0.1) is 6.61 Å². The Balaban J connectivity index is 0.00000280. The molecule has 1 amide bonds. The maximum atomic E-state index is 13.0. The zero-order valence-electron chi connectivity index (χ0n) is 15.4. The van der Waals surface area contributed by atoms with Crippen LogP contribution in [0, 0.1) is 5.82 Å². The van der Waals surface area contributed by atoms with Gasteiger partial charge in [-0.15, -0.1) is 0 Å². The molecule has 1 aliphatic rings. The molecule has 3 rings (SSSR count). The number of halogens is 2. The molecular weight excluding hydrogens is 383 g/mol. The number of nitrogens with zero attached hydrogens (tertiary/aromatic N) is 1. The van der Waals surface area contributed by atoms with Crippen LogP contribution >= 0.6 is 0 Å². The van der Waals surface area contributed by atoms with E-state index in [-0.39, 0.29) is 18.2 Å². The largest absolute Gasteiger partial charge is 1.00 e. The molecule has 0 aliphatic carbocycles. The second-order valence-corrected chi connectivity index (χ2v) is 6.49. The van der Waals surface area contributed by atoms with Crippen LogP contribution < -0.4 is 22.9 Å². The van der Waals surface area contributed by atoms with E-state index in [4.69, 9.17) is 10.5 Å². The Morgan fingerprint density at radius 3 is 2.43 bits per heavy atom. The number of nitrogens with two attached hydrogens (primary N) is 1. The Kier molecular flexibility index (Phi) is 7.99. The fourth-order valence-electron chi connectivity index (χ4n) is 3.06. The zero-order chi connectivity index (χ0) is 19.2. The summed E-state index contributed by atoms with van der Waals surface area (Å²) in [7, 11) is 0. The molecule has 28 heavy (non-hydrogen) atoms. The molecule has 0 bridgehead atoms. The maximum absolute atomic E-state index is 13.0. The van der Waals surface area contributed by atoms with Crippen molar-refractivity contribution in [1.29, 1.82) is 0 Å². The van der Waals surface area contributed by atoms with Gasteiger partial charge in [0.25, 0.3) is 0 Å². The van der Waals surface area contributed by atoms with Gasteiger partial charge >= 0.3 is 0 Å². The highest BCUT2D eigenvalue weighted by Gasteiger charge is 2.19. The third-order valence-electron chi connectivity index (χ3n) is 4.66. The fraction of sp³-hybridized carbons (Fsp3) is 0.286. The van der Waals surface area contributed by atoms with E-state index in [1.54, 1.807) is 36.4 Å². The number of carbonyl (C=O) groups excluding carboxylic acids is 1. The van der Waals surface area contributed by atoms with Crippen molar-refractivity contribution >= 4 is 11.5 Å². The lowest BCUT2D eigenvalue weighted by molar-refractivity contribution is -0.00392. The number of aliphatic hydroxyl groups excluding tert-OH is 1. The van der Waals surface area contributed by atoms with Crippen molar-refractivity contribution in [3.8, 4) is 5.75 Å². The lowest BCUT2D eigenvalue weighted by atomic mass is 9.99. The number of hydrogen-bond donors (Lipinski definition) is 2. The normalized spacial score (nSPS) is 15.3. The van der Waals surface area contributed by atoms with Crippen molar-refractivity contribution in [1.82, 2.24) is 4.90 Å². The molecule has 0 fully saturated rings. The molecule has 3 N–H and O–H groups in total. The van der Waals surface area contributed by atoms with Gasteiger partial charge in [0.1, 0.15) is 17.8 Å². The minimum Gasteiger partial charge on any atom is -1.00 e. The van der Waals surface area contributed by atoms with Crippen LogP contribution in [-0.2, 0) is 0 Å². The molecule has 0 spiro atoms. The molecule has 5 nitrogen and oxygen atoms in total. The number of rotatable bonds is 7. The first-order valence-corrected chi connectivity index (χ1v) is 8.92. The molecule has 1 aliphatic heterocycles. The van der Waals surface area contributed by atoms with E-state index in [1.807, 2.05) is 4.90 Å². The van der Waals surface area contributed by atoms with Crippen molar-refractivity contribution in [2.45, 2.75) is 19.1 Å². The van der Waals surface area contributed by atoms with Gasteiger partial charge in [-0.25, -0.2) is 4.39 Å². The highest BCUT2D eigenvalue weighted by Crippen LogP contribution is 2.23. The Morgan fingerprint density at radius 1 is 1.18 bits per heavy atom.